The van der Waals surface area contributed by atoms with Gasteiger partial charge in [-0.05, 0) is 11.6 Å². The lowest BCUT2D eigenvalue weighted by Crippen LogP contribution is -1.94. The van der Waals surface area contributed by atoms with E-state index in [-0.39, 0.29) is 5.15 Å². The molecule has 6 nitrogen and oxygen atoms in total. The lowest BCUT2D eigenvalue weighted by atomic mass is 10.2. The summed E-state index contributed by atoms with van der Waals surface area (Å²) in [6, 6.07) is 1.57. The van der Waals surface area contributed by atoms with Crippen LogP contribution in [0.25, 0.3) is 10.4 Å². The van der Waals surface area contributed by atoms with Crippen molar-refractivity contribution in [2.75, 3.05) is 20.3 Å². The molecule has 0 aromatic carbocycles. The summed E-state index contributed by atoms with van der Waals surface area (Å²) in [6.45, 7) is 1.03. The Morgan fingerprint density at radius 2 is 2.50 bits per heavy atom. The lowest BCUT2D eigenvalue weighted by molar-refractivity contribution is 0.208. The lowest BCUT2D eigenvalue weighted by Gasteiger charge is -2.00. The Kier molecular flexibility index (Phi) is 5.28. The van der Waals surface area contributed by atoms with Crippen LogP contribution >= 0.6 is 11.6 Å². The summed E-state index contributed by atoms with van der Waals surface area (Å²) in [5, 5.41) is 3.76. The fourth-order valence-electron chi connectivity index (χ4n) is 0.993. The third kappa shape index (κ3) is 3.51. The van der Waals surface area contributed by atoms with Crippen molar-refractivity contribution < 1.29 is 4.74 Å². The maximum Gasteiger partial charge on any atom is 0.138 e. The van der Waals surface area contributed by atoms with Gasteiger partial charge in [-0.2, -0.15) is 0 Å². The standard InChI is InChI=1S/C9H10ClN5O/c1-16-5-4-12-6-7-8(14-15-11)2-3-13-9(7)10/h2-3,6H,4-5H2,1H3/b12-6+. The molecule has 0 aliphatic heterocycles. The van der Waals surface area contributed by atoms with Gasteiger partial charge < -0.3 is 4.74 Å². The molecule has 0 saturated heterocycles. The Morgan fingerprint density at radius 3 is 3.19 bits per heavy atom. The van der Waals surface area contributed by atoms with E-state index in [2.05, 4.69) is 20.0 Å². The minimum Gasteiger partial charge on any atom is -0.383 e. The number of methoxy groups -OCH3 is 1. The van der Waals surface area contributed by atoms with Crippen LogP contribution in [-0.4, -0.2) is 31.5 Å². The Hall–Kier alpha value is -1.62. The van der Waals surface area contributed by atoms with Gasteiger partial charge in [-0.3, -0.25) is 4.99 Å². The molecule has 7 heteroatoms. The van der Waals surface area contributed by atoms with Gasteiger partial charge in [0.05, 0.1) is 18.8 Å². The number of pyridine rings is 1. The topological polar surface area (TPSA) is 83.2 Å². The molecule has 1 rings (SSSR count). The minimum absolute atomic E-state index is 0.256. The molecule has 84 valence electrons. The Balaban J connectivity index is 2.92. The van der Waals surface area contributed by atoms with Gasteiger partial charge in [0.2, 0.25) is 0 Å². The maximum absolute atomic E-state index is 8.38. The van der Waals surface area contributed by atoms with Gasteiger partial charge in [0.15, 0.2) is 0 Å². The fourth-order valence-corrected chi connectivity index (χ4v) is 1.19. The molecule has 1 aromatic rings. The average molecular weight is 240 g/mol. The molecule has 0 unspecified atom stereocenters. The zero-order valence-electron chi connectivity index (χ0n) is 8.67. The molecule has 0 aliphatic rings. The van der Waals surface area contributed by atoms with E-state index in [1.807, 2.05) is 0 Å². The number of azide groups is 1. The number of halogens is 1. The first kappa shape index (κ1) is 12.4. The number of aliphatic imine (C=N–C) groups is 1. The summed E-state index contributed by atoms with van der Waals surface area (Å²) in [5.74, 6) is 0. The summed E-state index contributed by atoms with van der Waals surface area (Å²) < 4.78 is 4.84. The van der Waals surface area contributed by atoms with E-state index in [9.17, 15) is 0 Å². The highest BCUT2D eigenvalue weighted by molar-refractivity contribution is 6.32. The van der Waals surface area contributed by atoms with Crippen molar-refractivity contribution in [1.82, 2.24) is 4.98 Å². The van der Waals surface area contributed by atoms with Gasteiger partial charge in [0.25, 0.3) is 0 Å². The van der Waals surface area contributed by atoms with Crippen LogP contribution in [0.15, 0.2) is 22.4 Å². The minimum atomic E-state index is 0.256. The van der Waals surface area contributed by atoms with Crippen molar-refractivity contribution in [2.24, 2.45) is 10.1 Å². The summed E-state index contributed by atoms with van der Waals surface area (Å²) >= 11 is 5.86. The van der Waals surface area contributed by atoms with Crippen molar-refractivity contribution >= 4 is 23.5 Å². The van der Waals surface area contributed by atoms with Gasteiger partial charge in [-0.15, -0.1) is 0 Å². The molecule has 0 bridgehead atoms. The van der Waals surface area contributed by atoms with Crippen molar-refractivity contribution in [3.05, 3.63) is 33.4 Å². The number of rotatable bonds is 5. The predicted octanol–water partition coefficient (Wildman–Crippen LogP) is 2.74. The molecule has 0 amide bonds. The molecule has 0 radical (unpaired) electrons. The number of nitrogens with zero attached hydrogens (tertiary/aromatic N) is 5. The van der Waals surface area contributed by atoms with Crippen LogP contribution in [0.5, 0.6) is 0 Å². The highest BCUT2D eigenvalue weighted by Crippen LogP contribution is 2.22. The molecule has 1 aromatic heterocycles. The van der Waals surface area contributed by atoms with Gasteiger partial charge >= 0.3 is 0 Å². The Labute approximate surface area is 97.6 Å². The fraction of sp³-hybridized carbons (Fsp3) is 0.333. The summed E-state index contributed by atoms with van der Waals surface area (Å²) in [5.41, 5.74) is 9.29. The third-order valence-electron chi connectivity index (χ3n) is 1.72. The summed E-state index contributed by atoms with van der Waals surface area (Å²) in [4.78, 5) is 10.7. The van der Waals surface area contributed by atoms with Crippen LogP contribution in [0.4, 0.5) is 5.69 Å². The van der Waals surface area contributed by atoms with Crippen LogP contribution < -0.4 is 0 Å². The van der Waals surface area contributed by atoms with E-state index >= 15 is 0 Å². The first-order valence-electron chi connectivity index (χ1n) is 4.48. The molecular weight excluding hydrogens is 230 g/mol. The second-order valence-corrected chi connectivity index (χ2v) is 3.11. The van der Waals surface area contributed by atoms with Crippen molar-refractivity contribution in [2.45, 2.75) is 0 Å². The van der Waals surface area contributed by atoms with E-state index in [4.69, 9.17) is 21.9 Å². The van der Waals surface area contributed by atoms with Crippen LogP contribution in [0, 0.1) is 0 Å². The first-order chi connectivity index (χ1) is 7.79. The van der Waals surface area contributed by atoms with Crippen LogP contribution in [0.3, 0.4) is 0 Å². The van der Waals surface area contributed by atoms with Crippen LogP contribution in [-0.2, 0) is 4.74 Å². The first-order valence-corrected chi connectivity index (χ1v) is 4.85. The van der Waals surface area contributed by atoms with E-state index in [1.54, 1.807) is 13.2 Å². The highest BCUT2D eigenvalue weighted by atomic mass is 35.5. The molecule has 0 N–H and O–H groups in total. The second kappa shape index (κ2) is 6.79. The molecule has 0 aliphatic carbocycles. The zero-order chi connectivity index (χ0) is 11.8. The van der Waals surface area contributed by atoms with Gasteiger partial charge in [-0.1, -0.05) is 16.7 Å². The predicted molar refractivity (Wildman–Crippen MR) is 62.4 cm³/mol. The van der Waals surface area contributed by atoms with Gasteiger partial charge in [-0.25, -0.2) is 4.98 Å². The van der Waals surface area contributed by atoms with E-state index < -0.39 is 0 Å². The van der Waals surface area contributed by atoms with E-state index in [0.29, 0.717) is 24.4 Å². The van der Waals surface area contributed by atoms with E-state index in [1.165, 1.54) is 12.4 Å². The summed E-state index contributed by atoms with van der Waals surface area (Å²) in [6.07, 6.45) is 3.00. The van der Waals surface area contributed by atoms with Crippen molar-refractivity contribution in [3.8, 4) is 0 Å². The number of aromatic nitrogens is 1. The highest BCUT2D eigenvalue weighted by Gasteiger charge is 2.03. The number of hydrogen-bond donors (Lipinski definition) is 0. The summed E-state index contributed by atoms with van der Waals surface area (Å²) in [7, 11) is 1.60. The second-order valence-electron chi connectivity index (χ2n) is 2.75. The smallest absolute Gasteiger partial charge is 0.138 e. The largest absolute Gasteiger partial charge is 0.383 e. The van der Waals surface area contributed by atoms with Crippen molar-refractivity contribution in [1.29, 1.82) is 0 Å². The molecule has 0 saturated carbocycles. The Bertz CT molecular complexity index is 428. The Morgan fingerprint density at radius 1 is 1.69 bits per heavy atom. The molecule has 0 spiro atoms. The SMILES string of the molecule is COCC/N=C/c1c(N=[N+]=[N-])ccnc1Cl. The van der Waals surface area contributed by atoms with Gasteiger partial charge in [0.1, 0.15) is 5.15 Å². The monoisotopic (exact) mass is 239 g/mol. The molecule has 1 heterocycles. The third-order valence-corrected chi connectivity index (χ3v) is 2.02. The van der Waals surface area contributed by atoms with Gasteiger partial charge in [0, 0.05) is 30.0 Å². The number of ether oxygens (including phenoxy) is 1. The molecule has 0 atom stereocenters. The maximum atomic E-state index is 8.38. The van der Waals surface area contributed by atoms with Crippen LogP contribution in [0.2, 0.25) is 5.15 Å². The molecular formula is C9H10ClN5O. The molecule has 0 fully saturated rings. The van der Waals surface area contributed by atoms with Crippen LogP contribution in [0.1, 0.15) is 5.56 Å². The average Bonchev–Trinajstić information content (AvgIpc) is 2.28. The van der Waals surface area contributed by atoms with E-state index in [0.717, 1.165) is 0 Å². The molecule has 16 heavy (non-hydrogen) atoms. The zero-order valence-corrected chi connectivity index (χ0v) is 9.42. The quantitative estimate of drug-likeness (QED) is 0.198. The normalized spacial score (nSPS) is 10.4. The van der Waals surface area contributed by atoms with Crippen molar-refractivity contribution in [3.63, 3.8) is 0 Å². The number of hydrogen-bond acceptors (Lipinski definition) is 4.